The van der Waals surface area contributed by atoms with E-state index in [0.29, 0.717) is 26.5 Å². The number of benzene rings is 2. The van der Waals surface area contributed by atoms with Gasteiger partial charge in [-0.05, 0) is 41.8 Å². The Bertz CT molecular complexity index is 1040. The van der Waals surface area contributed by atoms with E-state index in [4.69, 9.17) is 34.8 Å². The monoisotopic (exact) mass is 482 g/mol. The molecule has 0 spiro atoms. The van der Waals surface area contributed by atoms with Gasteiger partial charge in [0.05, 0.1) is 16.1 Å². The van der Waals surface area contributed by atoms with E-state index in [1.54, 1.807) is 30.0 Å². The van der Waals surface area contributed by atoms with E-state index >= 15 is 0 Å². The molecule has 1 aromatic heterocycles. The first-order valence-electron chi connectivity index (χ1n) is 9.28. The van der Waals surface area contributed by atoms with Crippen molar-refractivity contribution in [2.75, 3.05) is 0 Å². The standard InChI is InChI=1S/C21H21Cl3N4OS/c1-12(2)18(25-20(29)14-6-9-16(23)17(24)10-14)19-26-27-21(28(19)3)30-11-13-4-7-15(22)8-5-13/h4-10,12,18H,11H2,1-3H3,(H,25,29)/t18-/m1/s1. The van der Waals surface area contributed by atoms with Crippen LogP contribution in [0.15, 0.2) is 47.6 Å². The minimum Gasteiger partial charge on any atom is -0.342 e. The van der Waals surface area contributed by atoms with Crippen molar-refractivity contribution in [2.24, 2.45) is 13.0 Å². The lowest BCUT2D eigenvalue weighted by Gasteiger charge is -2.22. The number of amides is 1. The average molecular weight is 484 g/mol. The van der Waals surface area contributed by atoms with Crippen LogP contribution in [0.2, 0.25) is 15.1 Å². The van der Waals surface area contributed by atoms with E-state index in [2.05, 4.69) is 15.5 Å². The van der Waals surface area contributed by atoms with Gasteiger partial charge in [-0.3, -0.25) is 4.79 Å². The molecule has 0 unspecified atom stereocenters. The molecule has 0 aliphatic heterocycles. The van der Waals surface area contributed by atoms with Crippen molar-refractivity contribution in [3.05, 3.63) is 74.5 Å². The van der Waals surface area contributed by atoms with Crippen LogP contribution >= 0.6 is 46.6 Å². The van der Waals surface area contributed by atoms with Crippen LogP contribution in [0.5, 0.6) is 0 Å². The summed E-state index contributed by atoms with van der Waals surface area (Å²) in [4.78, 5) is 12.8. The van der Waals surface area contributed by atoms with Gasteiger partial charge in [-0.25, -0.2) is 0 Å². The van der Waals surface area contributed by atoms with Gasteiger partial charge in [-0.15, -0.1) is 10.2 Å². The first kappa shape index (κ1) is 22.9. The Morgan fingerprint density at radius 3 is 2.40 bits per heavy atom. The minimum absolute atomic E-state index is 0.105. The molecule has 0 saturated carbocycles. The second-order valence-corrected chi connectivity index (χ2v) is 9.33. The molecule has 0 fully saturated rings. The maximum absolute atomic E-state index is 12.8. The second kappa shape index (κ2) is 10.1. The molecule has 1 atom stereocenters. The number of hydrogen-bond donors (Lipinski definition) is 1. The quantitative estimate of drug-likeness (QED) is 0.407. The van der Waals surface area contributed by atoms with Gasteiger partial charge in [0, 0.05) is 23.4 Å². The number of nitrogens with one attached hydrogen (secondary N) is 1. The molecule has 0 saturated heterocycles. The predicted molar refractivity (Wildman–Crippen MR) is 124 cm³/mol. The summed E-state index contributed by atoms with van der Waals surface area (Å²) in [7, 11) is 1.90. The molecular weight excluding hydrogens is 463 g/mol. The van der Waals surface area contributed by atoms with E-state index in [1.165, 1.54) is 0 Å². The molecular formula is C21H21Cl3N4OS. The Morgan fingerprint density at radius 2 is 1.77 bits per heavy atom. The molecule has 5 nitrogen and oxygen atoms in total. The maximum atomic E-state index is 12.8. The largest absolute Gasteiger partial charge is 0.342 e. The van der Waals surface area contributed by atoms with Crippen LogP contribution in [0.25, 0.3) is 0 Å². The molecule has 0 radical (unpaired) electrons. The van der Waals surface area contributed by atoms with Crippen molar-refractivity contribution in [1.29, 1.82) is 0 Å². The fourth-order valence-corrected chi connectivity index (χ4v) is 4.14. The van der Waals surface area contributed by atoms with Crippen LogP contribution in [0.1, 0.15) is 41.6 Å². The van der Waals surface area contributed by atoms with Crippen LogP contribution in [0.4, 0.5) is 0 Å². The summed E-state index contributed by atoms with van der Waals surface area (Å²) < 4.78 is 1.92. The lowest BCUT2D eigenvalue weighted by molar-refractivity contribution is 0.0922. The second-order valence-electron chi connectivity index (χ2n) is 7.14. The topological polar surface area (TPSA) is 59.8 Å². The third-order valence-electron chi connectivity index (χ3n) is 4.56. The average Bonchev–Trinajstić information content (AvgIpc) is 3.07. The van der Waals surface area contributed by atoms with E-state index in [9.17, 15) is 4.79 Å². The summed E-state index contributed by atoms with van der Waals surface area (Å²) in [5, 5.41) is 13.9. The predicted octanol–water partition coefficient (Wildman–Crippen LogP) is 6.19. The van der Waals surface area contributed by atoms with Gasteiger partial charge in [-0.1, -0.05) is 72.5 Å². The summed E-state index contributed by atoms with van der Waals surface area (Å²) in [6, 6.07) is 12.2. The Morgan fingerprint density at radius 1 is 1.07 bits per heavy atom. The van der Waals surface area contributed by atoms with Crippen LogP contribution in [-0.4, -0.2) is 20.7 Å². The summed E-state index contributed by atoms with van der Waals surface area (Å²) in [6.45, 7) is 4.05. The SMILES string of the molecule is CC(C)[C@@H](NC(=O)c1ccc(Cl)c(Cl)c1)c1nnc(SCc2ccc(Cl)cc2)n1C. The molecule has 1 N–H and O–H groups in total. The lowest BCUT2D eigenvalue weighted by Crippen LogP contribution is -2.33. The Labute approximate surface area is 195 Å². The number of aromatic nitrogens is 3. The highest BCUT2D eigenvalue weighted by Crippen LogP contribution is 2.27. The van der Waals surface area contributed by atoms with Crippen molar-refractivity contribution < 1.29 is 4.79 Å². The number of halogens is 3. The van der Waals surface area contributed by atoms with Crippen molar-refractivity contribution >= 4 is 52.5 Å². The van der Waals surface area contributed by atoms with Gasteiger partial charge in [0.15, 0.2) is 11.0 Å². The highest BCUT2D eigenvalue weighted by molar-refractivity contribution is 7.98. The lowest BCUT2D eigenvalue weighted by atomic mass is 10.0. The van der Waals surface area contributed by atoms with E-state index in [0.717, 1.165) is 16.5 Å². The van der Waals surface area contributed by atoms with Crippen LogP contribution < -0.4 is 5.32 Å². The van der Waals surface area contributed by atoms with E-state index in [-0.39, 0.29) is 17.9 Å². The third-order valence-corrected chi connectivity index (χ3v) is 6.65. The number of hydrogen-bond acceptors (Lipinski definition) is 4. The van der Waals surface area contributed by atoms with E-state index < -0.39 is 0 Å². The van der Waals surface area contributed by atoms with Crippen LogP contribution in [0, 0.1) is 5.92 Å². The number of rotatable bonds is 7. The number of carbonyl (C=O) groups is 1. The smallest absolute Gasteiger partial charge is 0.251 e. The molecule has 3 aromatic rings. The van der Waals surface area contributed by atoms with Crippen molar-refractivity contribution in [1.82, 2.24) is 20.1 Å². The minimum atomic E-state index is -0.311. The van der Waals surface area contributed by atoms with Gasteiger partial charge in [-0.2, -0.15) is 0 Å². The molecule has 30 heavy (non-hydrogen) atoms. The first-order chi connectivity index (χ1) is 14.3. The highest BCUT2D eigenvalue weighted by Gasteiger charge is 2.25. The van der Waals surface area contributed by atoms with Gasteiger partial charge in [0.25, 0.3) is 5.91 Å². The number of thioether (sulfide) groups is 1. The summed E-state index contributed by atoms with van der Waals surface area (Å²) in [5.74, 6) is 1.29. The number of nitrogens with zero attached hydrogens (tertiary/aromatic N) is 3. The molecule has 0 aliphatic rings. The van der Waals surface area contributed by atoms with Crippen LogP contribution in [-0.2, 0) is 12.8 Å². The van der Waals surface area contributed by atoms with Crippen LogP contribution in [0.3, 0.4) is 0 Å². The fourth-order valence-electron chi connectivity index (χ4n) is 2.84. The molecule has 0 bridgehead atoms. The van der Waals surface area contributed by atoms with Gasteiger partial charge in [0.1, 0.15) is 0 Å². The molecule has 158 valence electrons. The summed E-state index contributed by atoms with van der Waals surface area (Å²) in [5.41, 5.74) is 1.58. The Balaban J connectivity index is 1.75. The Kier molecular flexibility index (Phi) is 7.69. The molecule has 2 aromatic carbocycles. The fraction of sp³-hybridized carbons (Fsp3) is 0.286. The zero-order valence-corrected chi connectivity index (χ0v) is 19.8. The zero-order chi connectivity index (χ0) is 21.8. The van der Waals surface area contributed by atoms with Gasteiger partial charge in [0.2, 0.25) is 0 Å². The van der Waals surface area contributed by atoms with Crippen molar-refractivity contribution in [3.63, 3.8) is 0 Å². The molecule has 0 aliphatic carbocycles. The zero-order valence-electron chi connectivity index (χ0n) is 16.7. The molecule has 3 rings (SSSR count). The summed E-state index contributed by atoms with van der Waals surface area (Å²) in [6.07, 6.45) is 0. The third kappa shape index (κ3) is 5.49. The van der Waals surface area contributed by atoms with Gasteiger partial charge >= 0.3 is 0 Å². The van der Waals surface area contributed by atoms with E-state index in [1.807, 2.05) is 49.7 Å². The number of carbonyl (C=O) groups excluding carboxylic acids is 1. The molecule has 9 heteroatoms. The normalized spacial score (nSPS) is 12.2. The maximum Gasteiger partial charge on any atom is 0.251 e. The molecule has 1 heterocycles. The van der Waals surface area contributed by atoms with Crippen molar-refractivity contribution in [2.45, 2.75) is 30.8 Å². The van der Waals surface area contributed by atoms with Crippen molar-refractivity contribution in [3.8, 4) is 0 Å². The Hall–Kier alpha value is -1.73. The first-order valence-corrected chi connectivity index (χ1v) is 11.4. The summed E-state index contributed by atoms with van der Waals surface area (Å²) >= 11 is 19.5. The molecule has 1 amide bonds. The van der Waals surface area contributed by atoms with Gasteiger partial charge < -0.3 is 9.88 Å². The highest BCUT2D eigenvalue weighted by atomic mass is 35.5.